The van der Waals surface area contributed by atoms with Gasteiger partial charge in [-0.25, -0.2) is 4.79 Å². The zero-order valence-electron chi connectivity index (χ0n) is 29.8. The van der Waals surface area contributed by atoms with Crippen molar-refractivity contribution in [1.29, 1.82) is 0 Å². The highest BCUT2D eigenvalue weighted by molar-refractivity contribution is 5.94. The number of nitrogens with one attached hydrogen (secondary N) is 3. The molecule has 0 aliphatic carbocycles. The molecule has 5 N–H and O–H groups in total. The van der Waals surface area contributed by atoms with E-state index in [4.69, 9.17) is 9.47 Å². The molecule has 1 heterocycles. The summed E-state index contributed by atoms with van der Waals surface area (Å²) in [6.07, 6.45) is 9.77. The number of carbonyl (C=O) groups excluding carboxylic acids is 5. The van der Waals surface area contributed by atoms with Crippen LogP contribution in [-0.4, -0.2) is 82.9 Å². The number of rotatable bonds is 17. The van der Waals surface area contributed by atoms with Crippen LogP contribution in [0.3, 0.4) is 0 Å². The van der Waals surface area contributed by atoms with E-state index in [9.17, 15) is 34.2 Å². The lowest BCUT2D eigenvalue weighted by Gasteiger charge is -2.33. The minimum absolute atomic E-state index is 0.258. The molecule has 12 heteroatoms. The predicted molar refractivity (Wildman–Crippen MR) is 179 cm³/mol. The molecule has 3 amide bonds. The number of esters is 2. The first-order chi connectivity index (χ1) is 22.2. The zero-order valence-corrected chi connectivity index (χ0v) is 29.8. The first-order valence-electron chi connectivity index (χ1n) is 17.9. The first kappa shape index (κ1) is 42.3. The van der Waals surface area contributed by atoms with Gasteiger partial charge in [-0.15, -0.1) is 0 Å². The quantitative estimate of drug-likeness (QED) is 0.114. The summed E-state index contributed by atoms with van der Waals surface area (Å²) in [5.41, 5.74) is 0. The highest BCUT2D eigenvalue weighted by Gasteiger charge is 2.40. The normalized spacial score (nSPS) is 27.1. The molecule has 0 aromatic carbocycles. The smallest absolute Gasteiger partial charge is 0.332 e. The molecule has 8 atom stereocenters. The Balaban J connectivity index is 3.25. The van der Waals surface area contributed by atoms with E-state index in [0.717, 1.165) is 26.2 Å². The zero-order chi connectivity index (χ0) is 35.5. The van der Waals surface area contributed by atoms with E-state index in [2.05, 4.69) is 22.9 Å². The SMILES string of the molecule is CCCCCCCCCCCCC[C@H]1OC(=O)[C@H](COC(C)=O)NC(=O)[C@H]([C@@H](C)O)NC(=O)[C@H](C(C)C)NC(=O)[C@H](CC)[C@H](O)[C@H]1C. The van der Waals surface area contributed by atoms with Crippen LogP contribution in [0.4, 0.5) is 0 Å². The van der Waals surface area contributed by atoms with Crippen molar-refractivity contribution in [2.75, 3.05) is 6.61 Å². The Bertz CT molecular complexity index is 974. The molecule has 0 saturated carbocycles. The Kier molecular flexibility index (Phi) is 20.5. The van der Waals surface area contributed by atoms with Crippen molar-refractivity contribution in [1.82, 2.24) is 16.0 Å². The number of aliphatic hydroxyl groups excluding tert-OH is 2. The molecule has 0 spiro atoms. The minimum atomic E-state index is -1.49. The summed E-state index contributed by atoms with van der Waals surface area (Å²) in [5.74, 6) is -5.70. The van der Waals surface area contributed by atoms with Gasteiger partial charge in [-0.05, 0) is 32.1 Å². The molecule has 1 saturated heterocycles. The summed E-state index contributed by atoms with van der Waals surface area (Å²) in [4.78, 5) is 65.2. The minimum Gasteiger partial charge on any atom is -0.463 e. The van der Waals surface area contributed by atoms with Crippen LogP contribution in [0.1, 0.15) is 132 Å². The lowest BCUT2D eigenvalue weighted by Crippen LogP contribution is -2.60. The number of amides is 3. The molecule has 0 aromatic heterocycles. The second kappa shape index (κ2) is 22.8. The van der Waals surface area contributed by atoms with Crippen molar-refractivity contribution in [3.63, 3.8) is 0 Å². The third kappa shape index (κ3) is 15.4. The maximum atomic E-state index is 13.5. The van der Waals surface area contributed by atoms with Crippen LogP contribution >= 0.6 is 0 Å². The van der Waals surface area contributed by atoms with Crippen molar-refractivity contribution in [2.24, 2.45) is 17.8 Å². The second-order valence-corrected chi connectivity index (χ2v) is 13.5. The number of hydrogen-bond donors (Lipinski definition) is 5. The van der Waals surface area contributed by atoms with Gasteiger partial charge in [-0.2, -0.15) is 0 Å². The van der Waals surface area contributed by atoms with Crippen LogP contribution in [0.25, 0.3) is 0 Å². The molecule has 1 aliphatic heterocycles. The van der Waals surface area contributed by atoms with Crippen LogP contribution < -0.4 is 16.0 Å². The summed E-state index contributed by atoms with van der Waals surface area (Å²) < 4.78 is 11.0. The van der Waals surface area contributed by atoms with E-state index in [-0.39, 0.29) is 6.42 Å². The van der Waals surface area contributed by atoms with E-state index >= 15 is 0 Å². The Labute approximate surface area is 281 Å². The molecule has 0 aromatic rings. The van der Waals surface area contributed by atoms with Gasteiger partial charge in [0.25, 0.3) is 0 Å². The van der Waals surface area contributed by atoms with Crippen molar-refractivity contribution in [3.8, 4) is 0 Å². The summed E-state index contributed by atoms with van der Waals surface area (Å²) in [7, 11) is 0. The Morgan fingerprint density at radius 2 is 1.32 bits per heavy atom. The Morgan fingerprint density at radius 1 is 0.809 bits per heavy atom. The standard InChI is InChI=1S/C35H63N3O9/c1-8-10-11-12-13-14-15-16-17-18-19-20-28-23(5)31(41)26(9-2)32(42)37-29(22(3)4)33(43)38-30(24(6)39)34(44)36-27(35(45)47-28)21-46-25(7)40/h22-24,26-31,39,41H,8-21H2,1-7H3,(H,36,44)(H,37,42)(H,38,43)/t23-,24+,26+,27-,28+,29-,30-,31+/m0/s1. The van der Waals surface area contributed by atoms with Crippen molar-refractivity contribution < 1.29 is 43.7 Å². The van der Waals surface area contributed by atoms with Gasteiger partial charge in [-0.1, -0.05) is 98.8 Å². The van der Waals surface area contributed by atoms with Gasteiger partial charge < -0.3 is 35.6 Å². The highest BCUT2D eigenvalue weighted by Crippen LogP contribution is 2.26. The third-order valence-electron chi connectivity index (χ3n) is 9.04. The Morgan fingerprint density at radius 3 is 1.81 bits per heavy atom. The number of carbonyl (C=O) groups is 5. The number of aliphatic hydroxyl groups is 2. The van der Waals surface area contributed by atoms with Gasteiger partial charge in [0, 0.05) is 12.8 Å². The summed E-state index contributed by atoms with van der Waals surface area (Å²) in [6, 6.07) is -4.00. The maximum absolute atomic E-state index is 13.5. The molecule has 1 aliphatic rings. The monoisotopic (exact) mass is 669 g/mol. The average molecular weight is 670 g/mol. The number of unbranched alkanes of at least 4 members (excludes halogenated alkanes) is 10. The molecule has 0 unspecified atom stereocenters. The fourth-order valence-corrected chi connectivity index (χ4v) is 5.91. The van der Waals surface area contributed by atoms with Crippen LogP contribution in [0.15, 0.2) is 0 Å². The Hall–Kier alpha value is -2.73. The average Bonchev–Trinajstić information content (AvgIpc) is 3.01. The molecule has 0 bridgehead atoms. The molecular weight excluding hydrogens is 606 g/mol. The van der Waals surface area contributed by atoms with Gasteiger partial charge >= 0.3 is 11.9 Å². The molecule has 0 radical (unpaired) electrons. The molecule has 1 fully saturated rings. The lowest BCUT2D eigenvalue weighted by molar-refractivity contribution is -0.162. The molecule has 47 heavy (non-hydrogen) atoms. The van der Waals surface area contributed by atoms with Gasteiger partial charge in [0.1, 0.15) is 24.8 Å². The van der Waals surface area contributed by atoms with E-state index < -0.39 is 90.5 Å². The van der Waals surface area contributed by atoms with Crippen molar-refractivity contribution in [2.45, 2.75) is 168 Å². The third-order valence-corrected chi connectivity index (χ3v) is 9.04. The molecule has 1 rings (SSSR count). The van der Waals surface area contributed by atoms with E-state index in [1.165, 1.54) is 51.9 Å². The van der Waals surface area contributed by atoms with Crippen LogP contribution in [0, 0.1) is 17.8 Å². The van der Waals surface area contributed by atoms with Gasteiger partial charge in [-0.3, -0.25) is 19.2 Å². The fourth-order valence-electron chi connectivity index (χ4n) is 5.91. The topological polar surface area (TPSA) is 180 Å². The largest absolute Gasteiger partial charge is 0.463 e. The van der Waals surface area contributed by atoms with E-state index in [1.54, 1.807) is 27.7 Å². The molecule has 12 nitrogen and oxygen atoms in total. The second-order valence-electron chi connectivity index (χ2n) is 13.5. The van der Waals surface area contributed by atoms with Gasteiger partial charge in [0.15, 0.2) is 6.04 Å². The number of ether oxygens (including phenoxy) is 2. The predicted octanol–water partition coefficient (Wildman–Crippen LogP) is 3.69. The van der Waals surface area contributed by atoms with E-state index in [0.29, 0.717) is 12.8 Å². The first-order valence-corrected chi connectivity index (χ1v) is 17.9. The molecule has 272 valence electrons. The van der Waals surface area contributed by atoms with Crippen molar-refractivity contribution in [3.05, 3.63) is 0 Å². The van der Waals surface area contributed by atoms with Crippen LogP contribution in [0.5, 0.6) is 0 Å². The number of cyclic esters (lactones) is 1. The number of hydrogen-bond acceptors (Lipinski definition) is 9. The van der Waals surface area contributed by atoms with Gasteiger partial charge in [0.2, 0.25) is 17.7 Å². The van der Waals surface area contributed by atoms with Crippen LogP contribution in [-0.2, 0) is 33.4 Å². The summed E-state index contributed by atoms with van der Waals surface area (Å²) >= 11 is 0. The fraction of sp³-hybridized carbons (Fsp3) is 0.857. The van der Waals surface area contributed by atoms with Gasteiger partial charge in [0.05, 0.1) is 18.1 Å². The van der Waals surface area contributed by atoms with Crippen LogP contribution in [0.2, 0.25) is 0 Å². The lowest BCUT2D eigenvalue weighted by atomic mass is 9.84. The van der Waals surface area contributed by atoms with E-state index in [1.807, 2.05) is 0 Å². The molecular formula is C35H63N3O9. The highest BCUT2D eigenvalue weighted by atomic mass is 16.6. The maximum Gasteiger partial charge on any atom is 0.332 e. The van der Waals surface area contributed by atoms with Crippen molar-refractivity contribution >= 4 is 29.7 Å². The summed E-state index contributed by atoms with van der Waals surface area (Å²) in [5, 5.41) is 29.5. The summed E-state index contributed by atoms with van der Waals surface area (Å²) in [6.45, 7) is 11.1.